The molecule has 1 aliphatic heterocycles. The Labute approximate surface area is 84.5 Å². The zero-order valence-electron chi connectivity index (χ0n) is 5.13. The molecule has 1 saturated heterocycles. The first-order chi connectivity index (χ1) is 5.13. The first-order valence-electron chi connectivity index (χ1n) is 2.58. The van der Waals surface area contributed by atoms with Crippen LogP contribution in [0.3, 0.4) is 0 Å². The summed E-state index contributed by atoms with van der Waals surface area (Å²) in [5.41, 5.74) is 0. The van der Waals surface area contributed by atoms with Crippen LogP contribution < -0.4 is 0 Å². The Morgan fingerprint density at radius 3 is 1.58 bits per heavy atom. The summed E-state index contributed by atoms with van der Waals surface area (Å²) in [7, 11) is 0. The molecular weight excluding hydrogens is 262 g/mol. The maximum atomic E-state index is 12.6. The van der Waals surface area contributed by atoms with Crippen molar-refractivity contribution < 1.29 is 17.6 Å². The molecule has 0 aromatic rings. The third-order valence-electron chi connectivity index (χ3n) is 1.32. The minimum absolute atomic E-state index is 0.445. The van der Waals surface area contributed by atoms with Crippen molar-refractivity contribution in [3.63, 3.8) is 0 Å². The third kappa shape index (κ3) is 1.21. The summed E-state index contributed by atoms with van der Waals surface area (Å²) in [4.78, 5) is 0. The molecule has 0 spiro atoms. The second-order valence-corrected chi connectivity index (χ2v) is 5.45. The van der Waals surface area contributed by atoms with E-state index in [1.54, 1.807) is 0 Å². The monoisotopic (exact) mass is 262 g/mol. The Morgan fingerprint density at radius 1 is 1.08 bits per heavy atom. The zero-order valence-corrected chi connectivity index (χ0v) is 8.22. The molecule has 1 unspecified atom stereocenters. The molecule has 0 aromatic heterocycles. The van der Waals surface area contributed by atoms with Crippen LogP contribution in [0.25, 0.3) is 0 Å². The van der Waals surface area contributed by atoms with Crippen LogP contribution in [-0.2, 0) is 0 Å². The fourth-order valence-electron chi connectivity index (χ4n) is 0.615. The van der Waals surface area contributed by atoms with Gasteiger partial charge in [-0.25, -0.2) is 0 Å². The highest BCUT2D eigenvalue weighted by atomic mass is 35.5. The molecule has 0 amide bonds. The van der Waals surface area contributed by atoms with Gasteiger partial charge in [-0.15, -0.1) is 11.6 Å². The second-order valence-electron chi connectivity index (χ2n) is 2.15. The van der Waals surface area contributed by atoms with Crippen molar-refractivity contribution >= 4 is 46.6 Å². The average Bonchev–Trinajstić information content (AvgIpc) is 1.92. The number of hydrogen-bond acceptors (Lipinski definition) is 1. The Hall–Kier alpha value is 0.940. The first-order valence-corrected chi connectivity index (χ1v) is 4.65. The predicted molar refractivity (Wildman–Crippen MR) is 41.6 cm³/mol. The van der Waals surface area contributed by atoms with E-state index in [1.807, 2.05) is 0 Å². The number of thioether (sulfide) groups is 1. The van der Waals surface area contributed by atoms with Crippen LogP contribution in [0.1, 0.15) is 0 Å². The summed E-state index contributed by atoms with van der Waals surface area (Å²) >= 11 is 14.6. The van der Waals surface area contributed by atoms with Crippen molar-refractivity contribution in [1.82, 2.24) is 0 Å². The van der Waals surface area contributed by atoms with Gasteiger partial charge in [-0.1, -0.05) is 35.0 Å². The molecule has 72 valence electrons. The van der Waals surface area contributed by atoms with Crippen molar-refractivity contribution in [1.29, 1.82) is 0 Å². The molecule has 8 heteroatoms. The lowest BCUT2D eigenvalue weighted by Crippen LogP contribution is -2.46. The van der Waals surface area contributed by atoms with Gasteiger partial charge in [0.25, 0.3) is 0 Å². The SMILES string of the molecule is FC1(F)SC(Cl)C(Cl)(Cl)C1(F)F. The van der Waals surface area contributed by atoms with Gasteiger partial charge < -0.3 is 0 Å². The van der Waals surface area contributed by atoms with Gasteiger partial charge in [0.2, 0.25) is 4.33 Å². The third-order valence-corrected chi connectivity index (χ3v) is 4.42. The maximum Gasteiger partial charge on any atom is 0.360 e. The number of hydrogen-bond donors (Lipinski definition) is 0. The highest BCUT2D eigenvalue weighted by Crippen LogP contribution is 2.65. The van der Waals surface area contributed by atoms with E-state index in [0.717, 1.165) is 0 Å². The fourth-order valence-corrected chi connectivity index (χ4v) is 2.57. The quantitative estimate of drug-likeness (QED) is 0.474. The predicted octanol–water partition coefficient (Wildman–Crippen LogP) is 3.70. The summed E-state index contributed by atoms with van der Waals surface area (Å²) in [6.45, 7) is 0. The maximum absolute atomic E-state index is 12.6. The van der Waals surface area contributed by atoms with Crippen molar-refractivity contribution in [3.05, 3.63) is 0 Å². The summed E-state index contributed by atoms with van der Waals surface area (Å²) in [5, 5.41) is -4.32. The Kier molecular flexibility index (Phi) is 2.49. The fraction of sp³-hybridized carbons (Fsp3) is 1.00. The molecule has 0 saturated carbocycles. The topological polar surface area (TPSA) is 0 Å². The molecule has 0 bridgehead atoms. The van der Waals surface area contributed by atoms with Crippen LogP contribution in [0.15, 0.2) is 0 Å². The molecule has 12 heavy (non-hydrogen) atoms. The van der Waals surface area contributed by atoms with Crippen molar-refractivity contribution in [2.45, 2.75) is 20.2 Å². The number of halogens is 7. The van der Waals surface area contributed by atoms with Crippen molar-refractivity contribution in [3.8, 4) is 0 Å². The normalized spacial score (nSPS) is 36.8. The van der Waals surface area contributed by atoms with Crippen LogP contribution in [0.2, 0.25) is 0 Å². The number of rotatable bonds is 0. The lowest BCUT2D eigenvalue weighted by Gasteiger charge is -2.24. The minimum Gasteiger partial charge on any atom is -0.195 e. The van der Waals surface area contributed by atoms with Crippen LogP contribution in [-0.4, -0.2) is 20.2 Å². The zero-order chi connectivity index (χ0) is 9.78. The van der Waals surface area contributed by atoms with E-state index in [9.17, 15) is 17.6 Å². The van der Waals surface area contributed by atoms with E-state index in [4.69, 9.17) is 34.8 Å². The van der Waals surface area contributed by atoms with Gasteiger partial charge in [0, 0.05) is 0 Å². The summed E-state index contributed by atoms with van der Waals surface area (Å²) in [5.74, 6) is -4.51. The van der Waals surface area contributed by atoms with Crippen LogP contribution >= 0.6 is 46.6 Å². The van der Waals surface area contributed by atoms with Crippen LogP contribution in [0.5, 0.6) is 0 Å². The average molecular weight is 263 g/mol. The van der Waals surface area contributed by atoms with E-state index in [-0.39, 0.29) is 0 Å². The largest absolute Gasteiger partial charge is 0.360 e. The highest BCUT2D eigenvalue weighted by molar-refractivity contribution is 8.02. The molecule has 0 aliphatic carbocycles. The molecule has 1 rings (SSSR count). The summed E-state index contributed by atoms with van der Waals surface area (Å²) in [6, 6.07) is 0. The molecule has 0 nitrogen and oxygen atoms in total. The number of alkyl halides is 7. The molecule has 1 heterocycles. The van der Waals surface area contributed by atoms with Gasteiger partial charge in [0.15, 0.2) is 0 Å². The van der Waals surface area contributed by atoms with Gasteiger partial charge in [0.05, 0.1) is 0 Å². The van der Waals surface area contributed by atoms with Crippen molar-refractivity contribution in [2.75, 3.05) is 0 Å². The van der Waals surface area contributed by atoms with Crippen LogP contribution in [0.4, 0.5) is 17.6 Å². The van der Waals surface area contributed by atoms with Gasteiger partial charge in [-0.05, 0) is 0 Å². The molecule has 1 atom stereocenters. The smallest absolute Gasteiger partial charge is 0.195 e. The van der Waals surface area contributed by atoms with E-state index >= 15 is 0 Å². The lowest BCUT2D eigenvalue weighted by atomic mass is 10.2. The summed E-state index contributed by atoms with van der Waals surface area (Å²) < 4.78 is 45.5. The lowest BCUT2D eigenvalue weighted by molar-refractivity contribution is -0.149. The Bertz CT molecular complexity index is 206. The summed E-state index contributed by atoms with van der Waals surface area (Å²) in [6.07, 6.45) is 0. The van der Waals surface area contributed by atoms with Crippen LogP contribution in [0, 0.1) is 0 Å². The highest BCUT2D eigenvalue weighted by Gasteiger charge is 2.78. The Balaban J connectivity index is 3.10. The van der Waals surface area contributed by atoms with Gasteiger partial charge >= 0.3 is 11.2 Å². The van der Waals surface area contributed by atoms with Gasteiger partial charge in [-0.2, -0.15) is 17.6 Å². The van der Waals surface area contributed by atoms with E-state index < -0.39 is 32.0 Å². The minimum atomic E-state index is -4.51. The van der Waals surface area contributed by atoms with E-state index in [0.29, 0.717) is 0 Å². The molecule has 0 radical (unpaired) electrons. The second kappa shape index (κ2) is 2.72. The molecule has 0 N–H and O–H groups in total. The Morgan fingerprint density at radius 2 is 1.50 bits per heavy atom. The van der Waals surface area contributed by atoms with Crippen molar-refractivity contribution in [2.24, 2.45) is 0 Å². The van der Waals surface area contributed by atoms with Gasteiger partial charge in [0.1, 0.15) is 4.71 Å². The molecule has 1 aliphatic rings. The van der Waals surface area contributed by atoms with E-state index in [2.05, 4.69) is 0 Å². The molecule has 1 fully saturated rings. The molecular formula is C4HCl3F4S. The molecule has 0 aromatic carbocycles. The van der Waals surface area contributed by atoms with Gasteiger partial charge in [-0.3, -0.25) is 0 Å². The van der Waals surface area contributed by atoms with E-state index in [1.165, 1.54) is 0 Å². The first kappa shape index (κ1) is 11.0. The standard InChI is InChI=1S/C4HCl3F4S/c5-1-2(6,7)3(8,9)4(10,11)12-1/h1H.